The van der Waals surface area contributed by atoms with Gasteiger partial charge in [-0.1, -0.05) is 12.1 Å². The molecule has 1 amide bonds. The van der Waals surface area contributed by atoms with Gasteiger partial charge in [-0.3, -0.25) is 25.0 Å². The van der Waals surface area contributed by atoms with Crippen LogP contribution in [-0.2, 0) is 0 Å². The van der Waals surface area contributed by atoms with E-state index in [1.54, 1.807) is 25.1 Å². The van der Waals surface area contributed by atoms with Crippen molar-refractivity contribution in [1.29, 1.82) is 0 Å². The zero-order valence-electron chi connectivity index (χ0n) is 17.9. The van der Waals surface area contributed by atoms with Gasteiger partial charge in [-0.05, 0) is 55.7 Å². The molecule has 0 radical (unpaired) electrons. The summed E-state index contributed by atoms with van der Waals surface area (Å²) in [7, 11) is 0. The Morgan fingerprint density at radius 1 is 0.909 bits per heavy atom. The van der Waals surface area contributed by atoms with Crippen LogP contribution < -0.4 is 5.32 Å². The number of nitrogens with one attached hydrogen (secondary N) is 1. The minimum absolute atomic E-state index is 0.200. The molecule has 0 atom stereocenters. The van der Waals surface area contributed by atoms with Crippen molar-refractivity contribution in [3.63, 3.8) is 0 Å². The van der Waals surface area contributed by atoms with Gasteiger partial charge in [0.1, 0.15) is 5.52 Å². The van der Waals surface area contributed by atoms with Gasteiger partial charge >= 0.3 is 0 Å². The number of non-ortho nitro benzene ring substituents is 2. The van der Waals surface area contributed by atoms with Crippen molar-refractivity contribution in [3.05, 3.63) is 91.0 Å². The molecule has 1 N–H and O–H groups in total. The van der Waals surface area contributed by atoms with E-state index in [1.165, 1.54) is 0 Å². The van der Waals surface area contributed by atoms with Crippen LogP contribution >= 0.6 is 0 Å². The molecular weight excluding hydrogens is 428 g/mol. The van der Waals surface area contributed by atoms with Crippen molar-refractivity contribution in [1.82, 2.24) is 4.98 Å². The molecule has 0 fully saturated rings. The molecule has 0 spiro atoms. The number of hydrogen-bond donors (Lipinski definition) is 1. The number of nitrogens with zero attached hydrogens (tertiary/aromatic N) is 3. The fourth-order valence-corrected chi connectivity index (χ4v) is 3.52. The summed E-state index contributed by atoms with van der Waals surface area (Å²) in [6.07, 6.45) is 0. The maximum atomic E-state index is 12.8. The van der Waals surface area contributed by atoms with E-state index in [9.17, 15) is 25.0 Å². The largest absolute Gasteiger partial charge is 0.436 e. The quantitative estimate of drug-likeness (QED) is 0.315. The Kier molecular flexibility index (Phi) is 5.34. The maximum absolute atomic E-state index is 12.8. The fraction of sp³-hybridized carbons (Fsp3) is 0.130. The number of benzene rings is 3. The summed E-state index contributed by atoms with van der Waals surface area (Å²) >= 11 is 0. The molecule has 0 unspecified atom stereocenters. The number of anilines is 1. The van der Waals surface area contributed by atoms with Gasteiger partial charge in [0.15, 0.2) is 5.58 Å². The van der Waals surface area contributed by atoms with Gasteiger partial charge in [-0.25, -0.2) is 4.98 Å². The molecule has 0 saturated carbocycles. The molecule has 0 aliphatic heterocycles. The minimum atomic E-state index is -0.785. The number of aryl methyl sites for hydroxylation is 3. The number of nitro benzene ring substituents is 2. The highest BCUT2D eigenvalue weighted by Crippen LogP contribution is 2.30. The Hall–Kier alpha value is -4.60. The van der Waals surface area contributed by atoms with E-state index in [0.717, 1.165) is 40.4 Å². The third-order valence-corrected chi connectivity index (χ3v) is 5.14. The summed E-state index contributed by atoms with van der Waals surface area (Å²) in [5, 5.41) is 24.9. The summed E-state index contributed by atoms with van der Waals surface area (Å²) in [6.45, 7) is 5.68. The van der Waals surface area contributed by atoms with E-state index >= 15 is 0 Å². The van der Waals surface area contributed by atoms with E-state index < -0.39 is 27.1 Å². The molecule has 1 aromatic heterocycles. The normalized spacial score (nSPS) is 10.9. The first-order valence-electron chi connectivity index (χ1n) is 9.86. The van der Waals surface area contributed by atoms with E-state index in [4.69, 9.17) is 4.42 Å². The number of fused-ring (bicyclic) bond motifs is 1. The first kappa shape index (κ1) is 21.6. The van der Waals surface area contributed by atoms with Gasteiger partial charge < -0.3 is 9.73 Å². The predicted octanol–water partition coefficient (Wildman–Crippen LogP) is 5.49. The van der Waals surface area contributed by atoms with Gasteiger partial charge in [-0.15, -0.1) is 0 Å². The van der Waals surface area contributed by atoms with Gasteiger partial charge in [-0.2, -0.15) is 0 Å². The van der Waals surface area contributed by atoms with Gasteiger partial charge in [0.25, 0.3) is 17.3 Å². The Labute approximate surface area is 187 Å². The lowest BCUT2D eigenvalue weighted by Crippen LogP contribution is -2.13. The summed E-state index contributed by atoms with van der Waals surface area (Å²) in [5.41, 5.74) is 3.87. The molecule has 166 valence electrons. The molecule has 3 aromatic carbocycles. The van der Waals surface area contributed by atoms with Crippen LogP contribution in [-0.4, -0.2) is 20.7 Å². The van der Waals surface area contributed by atoms with E-state index in [1.807, 2.05) is 26.0 Å². The average molecular weight is 446 g/mol. The Balaban J connectivity index is 1.70. The number of rotatable bonds is 5. The van der Waals surface area contributed by atoms with Crippen LogP contribution in [0, 0.1) is 41.0 Å². The molecule has 0 bridgehead atoms. The highest BCUT2D eigenvalue weighted by Gasteiger charge is 2.21. The van der Waals surface area contributed by atoms with Crippen LogP contribution in [0.4, 0.5) is 17.1 Å². The number of carbonyl (C=O) groups excluding carboxylic acids is 1. The van der Waals surface area contributed by atoms with Gasteiger partial charge in [0.05, 0.1) is 21.5 Å². The molecule has 10 nitrogen and oxygen atoms in total. The van der Waals surface area contributed by atoms with Crippen LogP contribution in [0.15, 0.2) is 52.9 Å². The monoisotopic (exact) mass is 446 g/mol. The number of carbonyl (C=O) groups is 1. The minimum Gasteiger partial charge on any atom is -0.436 e. The average Bonchev–Trinajstić information content (AvgIpc) is 3.19. The van der Waals surface area contributed by atoms with Crippen LogP contribution in [0.5, 0.6) is 0 Å². The van der Waals surface area contributed by atoms with Crippen LogP contribution in [0.1, 0.15) is 27.0 Å². The van der Waals surface area contributed by atoms with Crippen LogP contribution in [0.3, 0.4) is 0 Å². The molecule has 4 aromatic rings. The summed E-state index contributed by atoms with van der Waals surface area (Å²) < 4.78 is 5.93. The zero-order chi connectivity index (χ0) is 23.9. The van der Waals surface area contributed by atoms with Crippen molar-refractivity contribution in [2.75, 3.05) is 5.32 Å². The van der Waals surface area contributed by atoms with Crippen LogP contribution in [0.2, 0.25) is 0 Å². The van der Waals surface area contributed by atoms with E-state index in [0.29, 0.717) is 22.7 Å². The first-order chi connectivity index (χ1) is 15.6. The molecule has 4 rings (SSSR count). The second-order valence-corrected chi connectivity index (χ2v) is 7.69. The van der Waals surface area contributed by atoms with Gasteiger partial charge in [0, 0.05) is 23.4 Å². The second-order valence-electron chi connectivity index (χ2n) is 7.69. The van der Waals surface area contributed by atoms with Crippen molar-refractivity contribution < 1.29 is 19.1 Å². The number of amides is 1. The van der Waals surface area contributed by atoms with Crippen molar-refractivity contribution in [2.24, 2.45) is 0 Å². The highest BCUT2D eigenvalue weighted by molar-refractivity contribution is 6.05. The molecular formula is C23H18N4O6. The van der Waals surface area contributed by atoms with E-state index in [-0.39, 0.29) is 5.56 Å². The lowest BCUT2D eigenvalue weighted by molar-refractivity contribution is -0.394. The number of aromatic nitrogens is 1. The van der Waals surface area contributed by atoms with Crippen molar-refractivity contribution in [2.45, 2.75) is 20.8 Å². The maximum Gasteiger partial charge on any atom is 0.277 e. The number of nitro groups is 2. The Morgan fingerprint density at radius 2 is 1.58 bits per heavy atom. The molecule has 1 heterocycles. The predicted molar refractivity (Wildman–Crippen MR) is 121 cm³/mol. The summed E-state index contributed by atoms with van der Waals surface area (Å²) in [4.78, 5) is 38.0. The topological polar surface area (TPSA) is 141 Å². The molecule has 33 heavy (non-hydrogen) atoms. The Morgan fingerprint density at radius 3 is 2.21 bits per heavy atom. The summed E-state index contributed by atoms with van der Waals surface area (Å²) in [5.74, 6) is -0.341. The fourth-order valence-electron chi connectivity index (χ4n) is 3.52. The van der Waals surface area contributed by atoms with Crippen molar-refractivity contribution >= 4 is 34.1 Å². The second kappa shape index (κ2) is 8.15. The zero-order valence-corrected chi connectivity index (χ0v) is 17.9. The standard InChI is InChI=1S/C23H18N4O6/c1-12-6-14(3)21-20(7-12)25-23(33-21)15-5-4-13(2)19(10-15)24-22(28)16-8-17(26(29)30)11-18(9-16)27(31)32/h4-11H,1-3H3,(H,24,28). The third kappa shape index (κ3) is 4.26. The van der Waals surface area contributed by atoms with Crippen molar-refractivity contribution in [3.8, 4) is 11.5 Å². The first-order valence-corrected chi connectivity index (χ1v) is 9.86. The smallest absolute Gasteiger partial charge is 0.277 e. The third-order valence-electron chi connectivity index (χ3n) is 5.14. The molecule has 0 saturated heterocycles. The number of oxazole rings is 1. The number of hydrogen-bond acceptors (Lipinski definition) is 7. The summed E-state index contributed by atoms with van der Waals surface area (Å²) in [6, 6.07) is 12.0. The molecule has 0 aliphatic rings. The molecule has 10 heteroatoms. The lowest BCUT2D eigenvalue weighted by Gasteiger charge is -2.10. The Bertz CT molecular complexity index is 1420. The SMILES string of the molecule is Cc1cc(C)c2oc(-c3ccc(C)c(NC(=O)c4cc([N+](=O)[O-])cc([N+](=O)[O-])c4)c3)nc2c1. The van der Waals surface area contributed by atoms with Gasteiger partial charge in [0.2, 0.25) is 5.89 Å². The van der Waals surface area contributed by atoms with E-state index in [2.05, 4.69) is 10.3 Å². The molecule has 0 aliphatic carbocycles. The lowest BCUT2D eigenvalue weighted by atomic mass is 10.1. The highest BCUT2D eigenvalue weighted by atomic mass is 16.6. The van der Waals surface area contributed by atoms with Crippen LogP contribution in [0.25, 0.3) is 22.6 Å².